The summed E-state index contributed by atoms with van der Waals surface area (Å²) in [6, 6.07) is 13.6. The summed E-state index contributed by atoms with van der Waals surface area (Å²) < 4.78 is 1.09. The van der Waals surface area contributed by atoms with Gasteiger partial charge in [-0.2, -0.15) is 0 Å². The summed E-state index contributed by atoms with van der Waals surface area (Å²) in [6.45, 7) is 2.78. The molecule has 2 rings (SSSR count). The van der Waals surface area contributed by atoms with Gasteiger partial charge in [0.15, 0.2) is 5.84 Å². The van der Waals surface area contributed by atoms with Gasteiger partial charge >= 0.3 is 0 Å². The minimum absolute atomic E-state index is 0.118. The van der Waals surface area contributed by atoms with Gasteiger partial charge in [0.05, 0.1) is 0 Å². The SMILES string of the molecule is Cc1c(Br)cccc1NCc1ccc(/C(N)=N/O)cc1. The number of nitrogens with one attached hydrogen (secondary N) is 1. The third kappa shape index (κ3) is 3.30. The number of anilines is 1. The van der Waals surface area contributed by atoms with E-state index < -0.39 is 0 Å². The van der Waals surface area contributed by atoms with Gasteiger partial charge in [-0.1, -0.05) is 51.4 Å². The van der Waals surface area contributed by atoms with Gasteiger partial charge in [-0.3, -0.25) is 0 Å². The van der Waals surface area contributed by atoms with Gasteiger partial charge in [-0.25, -0.2) is 0 Å². The summed E-state index contributed by atoms with van der Waals surface area (Å²) >= 11 is 3.51. The Bertz CT molecular complexity index is 624. The maximum atomic E-state index is 8.61. The fraction of sp³-hybridized carbons (Fsp3) is 0.133. The number of oxime groups is 1. The highest BCUT2D eigenvalue weighted by molar-refractivity contribution is 9.10. The predicted octanol–water partition coefficient (Wildman–Crippen LogP) is 3.46. The molecule has 0 saturated carbocycles. The maximum absolute atomic E-state index is 8.61. The van der Waals surface area contributed by atoms with Crippen LogP contribution in [0, 0.1) is 6.92 Å². The van der Waals surface area contributed by atoms with E-state index in [9.17, 15) is 0 Å². The summed E-state index contributed by atoms with van der Waals surface area (Å²) in [5, 5.41) is 15.0. The molecule has 0 aliphatic carbocycles. The number of halogens is 1. The summed E-state index contributed by atoms with van der Waals surface area (Å²) in [5.74, 6) is 0.118. The highest BCUT2D eigenvalue weighted by Gasteiger charge is 2.02. The van der Waals surface area contributed by atoms with E-state index in [1.807, 2.05) is 42.5 Å². The molecule has 0 aromatic heterocycles. The molecule has 0 fully saturated rings. The third-order valence-corrected chi connectivity index (χ3v) is 3.97. The zero-order valence-corrected chi connectivity index (χ0v) is 12.7. The summed E-state index contributed by atoms with van der Waals surface area (Å²) in [5.41, 5.74) is 9.63. The van der Waals surface area contributed by atoms with Crippen LogP contribution in [0.4, 0.5) is 5.69 Å². The lowest BCUT2D eigenvalue weighted by atomic mass is 10.1. The molecule has 4 N–H and O–H groups in total. The van der Waals surface area contributed by atoms with Crippen molar-refractivity contribution in [2.75, 3.05) is 5.32 Å². The number of nitrogens with zero attached hydrogens (tertiary/aromatic N) is 1. The molecule has 0 radical (unpaired) electrons. The number of nitrogens with two attached hydrogens (primary N) is 1. The van der Waals surface area contributed by atoms with Gasteiger partial charge < -0.3 is 16.3 Å². The second kappa shape index (κ2) is 6.43. The van der Waals surface area contributed by atoms with Crippen LogP contribution in [0.2, 0.25) is 0 Å². The van der Waals surface area contributed by atoms with Crippen LogP contribution in [0.1, 0.15) is 16.7 Å². The van der Waals surface area contributed by atoms with E-state index in [0.717, 1.165) is 15.7 Å². The second-order valence-corrected chi connectivity index (χ2v) is 5.30. The van der Waals surface area contributed by atoms with Gasteiger partial charge in [-0.15, -0.1) is 0 Å². The van der Waals surface area contributed by atoms with Gasteiger partial charge in [0.2, 0.25) is 0 Å². The van der Waals surface area contributed by atoms with Crippen molar-refractivity contribution in [1.29, 1.82) is 0 Å². The van der Waals surface area contributed by atoms with E-state index in [0.29, 0.717) is 12.1 Å². The molecule has 0 aliphatic heterocycles. The first-order valence-corrected chi connectivity index (χ1v) is 6.97. The number of amidine groups is 1. The van der Waals surface area contributed by atoms with Gasteiger partial charge in [0.1, 0.15) is 0 Å². The Kier molecular flexibility index (Phi) is 4.63. The Labute approximate surface area is 126 Å². The van der Waals surface area contributed by atoms with E-state index in [2.05, 4.69) is 33.3 Å². The molecule has 0 saturated heterocycles. The zero-order valence-electron chi connectivity index (χ0n) is 11.1. The van der Waals surface area contributed by atoms with Crippen LogP contribution in [0.3, 0.4) is 0 Å². The Balaban J connectivity index is 2.06. The lowest BCUT2D eigenvalue weighted by Crippen LogP contribution is -2.13. The lowest BCUT2D eigenvalue weighted by Gasteiger charge is -2.11. The lowest BCUT2D eigenvalue weighted by molar-refractivity contribution is 0.318. The normalized spacial score (nSPS) is 11.4. The van der Waals surface area contributed by atoms with Crippen LogP contribution in [0.25, 0.3) is 0 Å². The molecule has 2 aromatic rings. The van der Waals surface area contributed by atoms with Crippen LogP contribution in [0.5, 0.6) is 0 Å². The topological polar surface area (TPSA) is 70.6 Å². The van der Waals surface area contributed by atoms with Crippen molar-refractivity contribution >= 4 is 27.5 Å². The molecule has 0 unspecified atom stereocenters. The molecule has 4 nitrogen and oxygen atoms in total. The van der Waals surface area contributed by atoms with E-state index in [1.54, 1.807) is 0 Å². The molecular weight excluding hydrogens is 318 g/mol. The third-order valence-electron chi connectivity index (χ3n) is 3.11. The van der Waals surface area contributed by atoms with E-state index in [1.165, 1.54) is 5.56 Å². The van der Waals surface area contributed by atoms with Gasteiger partial charge in [0, 0.05) is 22.3 Å². The fourth-order valence-electron chi connectivity index (χ4n) is 1.85. The minimum Gasteiger partial charge on any atom is -0.409 e. The average Bonchev–Trinajstić information content (AvgIpc) is 2.48. The summed E-state index contributed by atoms with van der Waals surface area (Å²) in [6.07, 6.45) is 0. The second-order valence-electron chi connectivity index (χ2n) is 4.45. The van der Waals surface area contributed by atoms with Crippen molar-refractivity contribution in [3.8, 4) is 0 Å². The molecule has 0 spiro atoms. The molecule has 104 valence electrons. The highest BCUT2D eigenvalue weighted by Crippen LogP contribution is 2.23. The largest absolute Gasteiger partial charge is 0.409 e. The van der Waals surface area contributed by atoms with Gasteiger partial charge in [0.25, 0.3) is 0 Å². The van der Waals surface area contributed by atoms with Crippen LogP contribution in [0.15, 0.2) is 52.1 Å². The van der Waals surface area contributed by atoms with Crippen molar-refractivity contribution < 1.29 is 5.21 Å². The van der Waals surface area contributed by atoms with Crippen molar-refractivity contribution in [3.05, 3.63) is 63.6 Å². The van der Waals surface area contributed by atoms with Crippen molar-refractivity contribution in [1.82, 2.24) is 0 Å². The molecule has 2 aromatic carbocycles. The van der Waals surface area contributed by atoms with Crippen molar-refractivity contribution in [3.63, 3.8) is 0 Å². The van der Waals surface area contributed by atoms with E-state index in [4.69, 9.17) is 10.9 Å². The highest BCUT2D eigenvalue weighted by atomic mass is 79.9. The maximum Gasteiger partial charge on any atom is 0.170 e. The molecule has 0 bridgehead atoms. The molecule has 5 heteroatoms. The van der Waals surface area contributed by atoms with Crippen LogP contribution >= 0.6 is 15.9 Å². The molecule has 0 atom stereocenters. The van der Waals surface area contributed by atoms with Crippen LogP contribution < -0.4 is 11.1 Å². The smallest absolute Gasteiger partial charge is 0.170 e. The first-order chi connectivity index (χ1) is 9.61. The summed E-state index contributed by atoms with van der Waals surface area (Å²) in [7, 11) is 0. The van der Waals surface area contributed by atoms with Crippen molar-refractivity contribution in [2.24, 2.45) is 10.9 Å². The Morgan fingerprint density at radius 2 is 1.95 bits per heavy atom. The van der Waals surface area contributed by atoms with Gasteiger partial charge in [-0.05, 0) is 30.2 Å². The Morgan fingerprint density at radius 1 is 1.25 bits per heavy atom. The fourth-order valence-corrected chi connectivity index (χ4v) is 2.21. The van der Waals surface area contributed by atoms with Crippen molar-refractivity contribution in [2.45, 2.75) is 13.5 Å². The van der Waals surface area contributed by atoms with Crippen LogP contribution in [-0.4, -0.2) is 11.0 Å². The molecule has 0 amide bonds. The molecular formula is C15H16BrN3O. The molecule has 20 heavy (non-hydrogen) atoms. The zero-order chi connectivity index (χ0) is 14.5. The van der Waals surface area contributed by atoms with E-state index in [-0.39, 0.29) is 5.84 Å². The standard InChI is InChI=1S/C15H16BrN3O/c1-10-13(16)3-2-4-14(10)18-9-11-5-7-12(8-6-11)15(17)19-20/h2-8,18,20H,9H2,1H3,(H2,17,19). The summed E-state index contributed by atoms with van der Waals surface area (Å²) in [4.78, 5) is 0. The Hall–Kier alpha value is -2.01. The van der Waals surface area contributed by atoms with Crippen LogP contribution in [-0.2, 0) is 6.54 Å². The average molecular weight is 334 g/mol. The number of hydrogen-bond acceptors (Lipinski definition) is 3. The number of benzene rings is 2. The number of rotatable bonds is 4. The first-order valence-electron chi connectivity index (χ1n) is 6.17. The number of hydrogen-bond donors (Lipinski definition) is 3. The quantitative estimate of drug-likeness (QED) is 0.347. The first kappa shape index (κ1) is 14.4. The predicted molar refractivity (Wildman–Crippen MR) is 85.2 cm³/mol. The molecule has 0 heterocycles. The minimum atomic E-state index is 0.118. The Morgan fingerprint density at radius 3 is 2.60 bits per heavy atom. The van der Waals surface area contributed by atoms with E-state index >= 15 is 0 Å². The monoisotopic (exact) mass is 333 g/mol. The molecule has 0 aliphatic rings.